The summed E-state index contributed by atoms with van der Waals surface area (Å²) in [4.78, 5) is 18.0. The van der Waals surface area contributed by atoms with Crippen LogP contribution < -0.4 is 16.3 Å². The quantitative estimate of drug-likeness (QED) is 0.153. The molecule has 172 valence electrons. The van der Waals surface area contributed by atoms with E-state index < -0.39 is 0 Å². The van der Waals surface area contributed by atoms with Crippen LogP contribution in [0.1, 0.15) is 38.4 Å². The number of hydrogen-bond donors (Lipinski definition) is 2. The van der Waals surface area contributed by atoms with Gasteiger partial charge in [0, 0.05) is 44.0 Å². The Balaban J connectivity index is 0.00000341. The van der Waals surface area contributed by atoms with E-state index in [1.54, 1.807) is 28.6 Å². The molecule has 0 saturated carbocycles. The lowest BCUT2D eigenvalue weighted by Crippen LogP contribution is -2.38. The van der Waals surface area contributed by atoms with Gasteiger partial charge in [-0.25, -0.2) is 13.9 Å². The predicted molar refractivity (Wildman–Crippen MR) is 135 cm³/mol. The van der Waals surface area contributed by atoms with Gasteiger partial charge in [0.05, 0.1) is 0 Å². The third kappa shape index (κ3) is 8.13. The summed E-state index contributed by atoms with van der Waals surface area (Å²) in [5, 5.41) is 11.1. The summed E-state index contributed by atoms with van der Waals surface area (Å²) in [5.41, 5.74) is 0.0175. The van der Waals surface area contributed by atoms with Crippen LogP contribution in [0.15, 0.2) is 38.9 Å². The van der Waals surface area contributed by atoms with Gasteiger partial charge in [-0.2, -0.15) is 5.10 Å². The number of aliphatic imine (C=N–C) groups is 1. The van der Waals surface area contributed by atoms with Crippen molar-refractivity contribution in [2.45, 2.75) is 57.0 Å². The van der Waals surface area contributed by atoms with Gasteiger partial charge in [0.25, 0.3) is 0 Å². The van der Waals surface area contributed by atoms with Gasteiger partial charge in [-0.3, -0.25) is 9.56 Å². The summed E-state index contributed by atoms with van der Waals surface area (Å²) in [6.07, 6.45) is 4.82. The molecule has 0 amide bonds. The summed E-state index contributed by atoms with van der Waals surface area (Å²) in [6.45, 7) is 5.68. The fraction of sp³-hybridized carbons (Fsp3) is 0.571. The highest BCUT2D eigenvalue weighted by Crippen LogP contribution is 2.18. The van der Waals surface area contributed by atoms with Crippen LogP contribution in [-0.4, -0.2) is 45.7 Å². The van der Waals surface area contributed by atoms with Gasteiger partial charge in [0.15, 0.2) is 5.96 Å². The highest BCUT2D eigenvalue weighted by Gasteiger charge is 2.16. The van der Waals surface area contributed by atoms with Crippen LogP contribution in [0.4, 0.5) is 4.39 Å². The molecule has 10 heteroatoms. The van der Waals surface area contributed by atoms with Gasteiger partial charge >= 0.3 is 5.69 Å². The number of nitrogens with one attached hydrogen (secondary N) is 2. The molecule has 0 aliphatic carbocycles. The summed E-state index contributed by atoms with van der Waals surface area (Å²) in [7, 11) is 0. The molecule has 1 aromatic carbocycles. The molecule has 2 N–H and O–H groups in total. The molecule has 0 unspecified atom stereocenters. The molecule has 2 aromatic rings. The number of guanidine groups is 1. The van der Waals surface area contributed by atoms with Crippen LogP contribution in [0.3, 0.4) is 0 Å². The van der Waals surface area contributed by atoms with Crippen LogP contribution in [0.25, 0.3) is 0 Å². The second-order valence-electron chi connectivity index (χ2n) is 7.23. The van der Waals surface area contributed by atoms with E-state index >= 15 is 0 Å². The van der Waals surface area contributed by atoms with Gasteiger partial charge < -0.3 is 10.6 Å². The van der Waals surface area contributed by atoms with E-state index in [1.807, 2.05) is 11.5 Å². The molecule has 0 bridgehead atoms. The third-order valence-electron chi connectivity index (χ3n) is 4.87. The average Bonchev–Trinajstić information content (AvgIpc) is 3.08. The smallest absolute Gasteiger partial charge is 0.345 e. The lowest BCUT2D eigenvalue weighted by atomic mass is 10.2. The number of benzene rings is 1. The summed E-state index contributed by atoms with van der Waals surface area (Å²) in [5.74, 6) is 2.44. The summed E-state index contributed by atoms with van der Waals surface area (Å²) >= 11 is 1.71. The Morgan fingerprint density at radius 3 is 2.77 bits per heavy atom. The molecule has 1 aliphatic rings. The van der Waals surface area contributed by atoms with E-state index in [9.17, 15) is 9.18 Å². The second kappa shape index (κ2) is 13.8. The third-order valence-corrected chi connectivity index (χ3v) is 5.97. The lowest BCUT2D eigenvalue weighted by molar-refractivity contribution is 0.509. The van der Waals surface area contributed by atoms with Gasteiger partial charge in [-0.05, 0) is 62.6 Å². The highest BCUT2D eigenvalue weighted by atomic mass is 127. The zero-order valence-electron chi connectivity index (χ0n) is 18.0. The number of halogens is 2. The van der Waals surface area contributed by atoms with Crippen LogP contribution >= 0.6 is 35.7 Å². The maximum atomic E-state index is 12.9. The second-order valence-corrected chi connectivity index (χ2v) is 8.40. The molecule has 7 nitrogen and oxygen atoms in total. The largest absolute Gasteiger partial charge is 0.357 e. The molecule has 3 rings (SSSR count). The molecule has 0 atom stereocenters. The van der Waals surface area contributed by atoms with E-state index in [2.05, 4.69) is 20.7 Å². The Morgan fingerprint density at radius 1 is 1.23 bits per heavy atom. The van der Waals surface area contributed by atoms with Gasteiger partial charge in [-0.1, -0.05) is 0 Å². The maximum Gasteiger partial charge on any atom is 0.345 e. The number of aryl methyl sites for hydroxylation is 2. The molecule has 0 radical (unpaired) electrons. The van der Waals surface area contributed by atoms with Crippen LogP contribution in [0.2, 0.25) is 0 Å². The van der Waals surface area contributed by atoms with Crippen LogP contribution in [0.5, 0.6) is 0 Å². The van der Waals surface area contributed by atoms with Crippen molar-refractivity contribution in [3.63, 3.8) is 0 Å². The van der Waals surface area contributed by atoms with Crippen molar-refractivity contribution in [1.82, 2.24) is 25.0 Å². The van der Waals surface area contributed by atoms with Gasteiger partial charge in [0.2, 0.25) is 0 Å². The first-order valence-electron chi connectivity index (χ1n) is 10.7. The summed E-state index contributed by atoms with van der Waals surface area (Å²) < 4.78 is 16.3. The Hall–Kier alpha value is -1.56. The lowest BCUT2D eigenvalue weighted by Gasteiger charge is -2.11. The van der Waals surface area contributed by atoms with Gasteiger partial charge in [0.1, 0.15) is 11.6 Å². The number of hydrogen-bond acceptors (Lipinski definition) is 4. The molecule has 0 fully saturated rings. The topological polar surface area (TPSA) is 76.2 Å². The van der Waals surface area contributed by atoms with Crippen molar-refractivity contribution in [2.75, 3.05) is 25.4 Å². The van der Waals surface area contributed by atoms with Gasteiger partial charge in [-0.15, -0.1) is 35.7 Å². The molecule has 2 heterocycles. The molecule has 31 heavy (non-hydrogen) atoms. The molecular formula is C21H32FIN6OS. The van der Waals surface area contributed by atoms with E-state index in [0.29, 0.717) is 6.54 Å². The standard InChI is InChI=1S/C21H31FN6OS.HI/c1-2-23-20(25-13-6-16-30-18-10-8-17(22)9-11-18)24-12-5-15-28-21(29)27-14-4-3-7-19(27)26-28;/h8-11H,2-7,12-16H2,1H3,(H2,23,24,25);1H. The first-order chi connectivity index (χ1) is 14.7. The first-order valence-corrected chi connectivity index (χ1v) is 11.7. The minimum absolute atomic E-state index is 0. The van der Waals surface area contributed by atoms with Crippen molar-refractivity contribution < 1.29 is 4.39 Å². The summed E-state index contributed by atoms with van der Waals surface area (Å²) in [6, 6.07) is 6.58. The fourth-order valence-corrected chi connectivity index (χ4v) is 4.19. The monoisotopic (exact) mass is 562 g/mol. The number of fused-ring (bicyclic) bond motifs is 1. The van der Waals surface area contributed by atoms with Crippen LogP contribution in [-0.2, 0) is 19.5 Å². The Morgan fingerprint density at radius 2 is 2.03 bits per heavy atom. The number of rotatable bonds is 10. The zero-order valence-corrected chi connectivity index (χ0v) is 21.1. The Bertz CT molecular complexity index is 883. The first kappa shape index (κ1) is 25.7. The van der Waals surface area contributed by atoms with Crippen molar-refractivity contribution in [2.24, 2.45) is 4.99 Å². The van der Waals surface area contributed by atoms with Crippen molar-refractivity contribution in [1.29, 1.82) is 0 Å². The SMILES string of the molecule is CCNC(=NCCCSc1ccc(F)cc1)NCCCn1nc2n(c1=O)CCCC2.I. The number of aromatic nitrogens is 3. The van der Waals surface area contributed by atoms with Crippen molar-refractivity contribution >= 4 is 41.7 Å². The Kier molecular flexibility index (Phi) is 11.4. The number of nitrogens with zero attached hydrogens (tertiary/aromatic N) is 4. The zero-order chi connectivity index (χ0) is 21.2. The molecule has 1 aromatic heterocycles. The van der Waals surface area contributed by atoms with Crippen LogP contribution in [0, 0.1) is 5.82 Å². The van der Waals surface area contributed by atoms with E-state index in [0.717, 1.165) is 80.7 Å². The van der Waals surface area contributed by atoms with Crippen molar-refractivity contribution in [3.05, 3.63) is 46.4 Å². The van der Waals surface area contributed by atoms with E-state index in [4.69, 9.17) is 0 Å². The number of thioether (sulfide) groups is 1. The minimum Gasteiger partial charge on any atom is -0.357 e. The molecule has 0 spiro atoms. The normalized spacial score (nSPS) is 13.4. The average molecular weight is 562 g/mol. The molecular weight excluding hydrogens is 530 g/mol. The maximum absolute atomic E-state index is 12.9. The highest BCUT2D eigenvalue weighted by molar-refractivity contribution is 14.0. The fourth-order valence-electron chi connectivity index (χ4n) is 3.35. The predicted octanol–water partition coefficient (Wildman–Crippen LogP) is 3.27. The Labute approximate surface area is 204 Å². The van der Waals surface area contributed by atoms with E-state index in [1.165, 1.54) is 12.1 Å². The van der Waals surface area contributed by atoms with Crippen molar-refractivity contribution in [3.8, 4) is 0 Å². The van der Waals surface area contributed by atoms with E-state index in [-0.39, 0.29) is 35.5 Å². The molecule has 0 saturated heterocycles. The minimum atomic E-state index is -0.206. The molecule has 1 aliphatic heterocycles.